The van der Waals surface area contributed by atoms with Gasteiger partial charge in [0.1, 0.15) is 24.2 Å². The zero-order chi connectivity index (χ0) is 23.4. The first kappa shape index (κ1) is 26.4. The van der Waals surface area contributed by atoms with E-state index in [4.69, 9.17) is 21.1 Å². The van der Waals surface area contributed by atoms with E-state index in [0.29, 0.717) is 11.4 Å². The van der Waals surface area contributed by atoms with Crippen molar-refractivity contribution in [3.8, 4) is 0 Å². The van der Waals surface area contributed by atoms with E-state index in [2.05, 4.69) is 25.9 Å². The van der Waals surface area contributed by atoms with Crippen molar-refractivity contribution in [3.63, 3.8) is 0 Å². The zero-order valence-electron chi connectivity index (χ0n) is 16.9. The van der Waals surface area contributed by atoms with Gasteiger partial charge < -0.3 is 42.0 Å². The third-order valence-corrected chi connectivity index (χ3v) is 4.83. The predicted molar refractivity (Wildman–Crippen MR) is 111 cm³/mol. The number of hydrogen-bond acceptors (Lipinski definition) is 9. The van der Waals surface area contributed by atoms with Gasteiger partial charge in [-0.15, -0.1) is 0 Å². The lowest BCUT2D eigenvalue weighted by atomic mass is 10.1. The van der Waals surface area contributed by atoms with Crippen molar-refractivity contribution in [2.24, 2.45) is 5.73 Å². The lowest BCUT2D eigenvalue weighted by Crippen LogP contribution is -2.58. The van der Waals surface area contributed by atoms with Crippen LogP contribution in [0.25, 0.3) is 0 Å². The van der Waals surface area contributed by atoms with Gasteiger partial charge in [-0.05, 0) is 18.4 Å². The summed E-state index contributed by atoms with van der Waals surface area (Å²) in [5, 5.41) is 34.3. The number of aromatic amines is 1. The van der Waals surface area contributed by atoms with Gasteiger partial charge in [0.25, 0.3) is 0 Å². The molecule has 0 saturated heterocycles. The number of carboxylic acid groups (broad SMARTS) is 1. The fraction of sp³-hybridized carbons (Fsp3) is 0.588. The van der Waals surface area contributed by atoms with E-state index >= 15 is 0 Å². The molecule has 13 nitrogen and oxygen atoms in total. The summed E-state index contributed by atoms with van der Waals surface area (Å²) in [6.07, 6.45) is 4.82. The first-order valence-electron chi connectivity index (χ1n) is 9.30. The molecule has 0 fully saturated rings. The van der Waals surface area contributed by atoms with Crippen LogP contribution in [0.4, 0.5) is 0 Å². The van der Waals surface area contributed by atoms with Gasteiger partial charge in [0.05, 0.1) is 19.5 Å². The van der Waals surface area contributed by atoms with Gasteiger partial charge in [0.15, 0.2) is 0 Å². The Morgan fingerprint density at radius 1 is 1.06 bits per heavy atom. The molecular formula is C17H28N6O7S. The van der Waals surface area contributed by atoms with Gasteiger partial charge in [0, 0.05) is 18.3 Å². The molecule has 0 aliphatic carbocycles. The summed E-state index contributed by atoms with van der Waals surface area (Å²) in [6.45, 7) is -1.44. The lowest BCUT2D eigenvalue weighted by molar-refractivity contribution is -0.143. The van der Waals surface area contributed by atoms with Crippen LogP contribution in [-0.4, -0.2) is 98.4 Å². The molecule has 0 spiro atoms. The molecule has 31 heavy (non-hydrogen) atoms. The van der Waals surface area contributed by atoms with Crippen molar-refractivity contribution < 1.29 is 34.5 Å². The first-order chi connectivity index (χ1) is 14.7. The summed E-state index contributed by atoms with van der Waals surface area (Å²) in [6, 6.07) is -5.03. The van der Waals surface area contributed by atoms with Crippen molar-refractivity contribution in [3.05, 3.63) is 18.2 Å². The lowest BCUT2D eigenvalue weighted by Gasteiger charge is -2.24. The van der Waals surface area contributed by atoms with E-state index in [0.717, 1.165) is 0 Å². The van der Waals surface area contributed by atoms with Crippen LogP contribution in [0.5, 0.6) is 0 Å². The van der Waals surface area contributed by atoms with Crippen LogP contribution in [0.2, 0.25) is 0 Å². The number of nitrogens with zero attached hydrogens (tertiary/aromatic N) is 1. The number of carbonyl (C=O) groups is 4. The summed E-state index contributed by atoms with van der Waals surface area (Å²) < 4.78 is 0. The second kappa shape index (κ2) is 13.6. The summed E-state index contributed by atoms with van der Waals surface area (Å²) in [7, 11) is 0. The smallest absolute Gasteiger partial charge is 0.328 e. The standard InChI is InChI=1S/C17H28N6O7S/c1-31-3-2-11(15(27)23-13(7-25)17(29)30)21-16(28)12(4-9-5-19-8-20-9)22-14(26)10(18)6-24/h5,8,10-13,24-25H,2-4,6-7,18H2,1H3,(H,19,20)(H,21,28)(H,22,26)(H,23,27)(H,29,30). The molecular weight excluding hydrogens is 432 g/mol. The number of aliphatic hydroxyl groups is 2. The Labute approximate surface area is 182 Å². The molecule has 1 heterocycles. The molecule has 1 aromatic rings. The minimum absolute atomic E-state index is 0.000972. The predicted octanol–water partition coefficient (Wildman–Crippen LogP) is -3.44. The normalized spacial score (nSPS) is 14.7. The highest BCUT2D eigenvalue weighted by Gasteiger charge is 2.30. The van der Waals surface area contributed by atoms with Gasteiger partial charge in [-0.1, -0.05) is 0 Å². The average molecular weight is 461 g/mol. The quantitative estimate of drug-likeness (QED) is 0.137. The molecule has 0 aliphatic heterocycles. The van der Waals surface area contributed by atoms with Crippen LogP contribution in [0.1, 0.15) is 12.1 Å². The number of H-pyrrole nitrogens is 1. The summed E-state index contributed by atoms with van der Waals surface area (Å²) in [4.78, 5) is 55.2. The fourth-order valence-electron chi connectivity index (χ4n) is 2.42. The van der Waals surface area contributed by atoms with Crippen LogP contribution in [0, 0.1) is 0 Å². The number of carboxylic acids is 1. The highest BCUT2D eigenvalue weighted by Crippen LogP contribution is 2.05. The Morgan fingerprint density at radius 3 is 2.19 bits per heavy atom. The number of rotatable bonds is 14. The maximum Gasteiger partial charge on any atom is 0.328 e. The van der Waals surface area contributed by atoms with Gasteiger partial charge in [-0.3, -0.25) is 14.4 Å². The van der Waals surface area contributed by atoms with Crippen molar-refractivity contribution in [2.45, 2.75) is 37.0 Å². The van der Waals surface area contributed by atoms with Crippen LogP contribution < -0.4 is 21.7 Å². The molecule has 4 unspecified atom stereocenters. The molecule has 0 aromatic carbocycles. The minimum atomic E-state index is -1.52. The van der Waals surface area contributed by atoms with Crippen molar-refractivity contribution >= 4 is 35.5 Å². The number of hydrogen-bond donors (Lipinski definition) is 8. The number of thioether (sulfide) groups is 1. The Bertz CT molecular complexity index is 733. The maximum atomic E-state index is 12.9. The van der Waals surface area contributed by atoms with E-state index < -0.39 is 61.1 Å². The van der Waals surface area contributed by atoms with Crippen LogP contribution in [0.15, 0.2) is 12.5 Å². The first-order valence-corrected chi connectivity index (χ1v) is 10.7. The molecule has 0 radical (unpaired) electrons. The summed E-state index contributed by atoms with van der Waals surface area (Å²) in [5.41, 5.74) is 6.01. The topological polar surface area (TPSA) is 220 Å². The van der Waals surface area contributed by atoms with E-state index in [-0.39, 0.29) is 12.8 Å². The molecule has 3 amide bonds. The van der Waals surface area contributed by atoms with E-state index in [1.54, 1.807) is 6.26 Å². The molecule has 0 saturated carbocycles. The Morgan fingerprint density at radius 2 is 1.68 bits per heavy atom. The number of nitrogens with one attached hydrogen (secondary N) is 4. The molecule has 4 atom stereocenters. The van der Waals surface area contributed by atoms with Gasteiger partial charge in [0.2, 0.25) is 17.7 Å². The third-order valence-electron chi connectivity index (χ3n) is 4.19. The Kier molecular flexibility index (Phi) is 11.6. The van der Waals surface area contributed by atoms with E-state index in [1.165, 1.54) is 24.3 Å². The summed E-state index contributed by atoms with van der Waals surface area (Å²) in [5.74, 6) is -3.22. The number of aliphatic carboxylic acids is 1. The number of aliphatic hydroxyl groups excluding tert-OH is 2. The van der Waals surface area contributed by atoms with E-state index in [9.17, 15) is 19.2 Å². The fourth-order valence-corrected chi connectivity index (χ4v) is 2.89. The highest BCUT2D eigenvalue weighted by molar-refractivity contribution is 7.98. The Balaban J connectivity index is 2.97. The van der Waals surface area contributed by atoms with Crippen LogP contribution in [0.3, 0.4) is 0 Å². The van der Waals surface area contributed by atoms with Crippen molar-refractivity contribution in [1.29, 1.82) is 0 Å². The van der Waals surface area contributed by atoms with Crippen molar-refractivity contribution in [2.75, 3.05) is 25.2 Å². The number of carbonyl (C=O) groups excluding carboxylic acids is 3. The van der Waals surface area contributed by atoms with Crippen LogP contribution >= 0.6 is 11.8 Å². The second-order valence-corrected chi connectivity index (χ2v) is 7.54. The molecule has 9 N–H and O–H groups in total. The third kappa shape index (κ3) is 8.92. The molecule has 174 valence electrons. The average Bonchev–Trinajstić information content (AvgIpc) is 3.26. The molecule has 0 bridgehead atoms. The van der Waals surface area contributed by atoms with Gasteiger partial charge in [-0.25, -0.2) is 9.78 Å². The largest absolute Gasteiger partial charge is 0.480 e. The molecule has 1 rings (SSSR count). The SMILES string of the molecule is CSCCC(NC(=O)C(Cc1cnc[nH]1)NC(=O)C(N)CO)C(=O)NC(CO)C(=O)O. The van der Waals surface area contributed by atoms with Gasteiger partial charge in [-0.2, -0.15) is 11.8 Å². The number of aromatic nitrogens is 2. The van der Waals surface area contributed by atoms with Gasteiger partial charge >= 0.3 is 5.97 Å². The number of nitrogens with two attached hydrogens (primary N) is 1. The molecule has 1 aromatic heterocycles. The number of imidazole rings is 1. The Hall–Kier alpha value is -2.68. The zero-order valence-corrected chi connectivity index (χ0v) is 17.7. The second-order valence-electron chi connectivity index (χ2n) is 6.56. The maximum absolute atomic E-state index is 12.9. The minimum Gasteiger partial charge on any atom is -0.480 e. The van der Waals surface area contributed by atoms with E-state index in [1.807, 2.05) is 0 Å². The number of amides is 3. The highest BCUT2D eigenvalue weighted by atomic mass is 32.2. The molecule has 14 heteroatoms. The molecule has 0 aliphatic rings. The summed E-state index contributed by atoms with van der Waals surface area (Å²) >= 11 is 1.41. The van der Waals surface area contributed by atoms with Crippen molar-refractivity contribution in [1.82, 2.24) is 25.9 Å². The van der Waals surface area contributed by atoms with Crippen LogP contribution in [-0.2, 0) is 25.6 Å². The monoisotopic (exact) mass is 460 g/mol.